The molecule has 1 aliphatic rings. The first-order valence-electron chi connectivity index (χ1n) is 7.61. The number of ether oxygens (including phenoxy) is 2. The summed E-state index contributed by atoms with van der Waals surface area (Å²) in [6, 6.07) is 2.56. The molecule has 0 saturated carbocycles. The van der Waals surface area contributed by atoms with E-state index in [1.54, 1.807) is 7.11 Å². The molecule has 0 amide bonds. The number of aromatic nitrogens is 2. The molecule has 5 nitrogen and oxygen atoms in total. The topological polar surface area (TPSA) is 48.3 Å². The van der Waals surface area contributed by atoms with Gasteiger partial charge in [0.2, 0.25) is 0 Å². The zero-order valence-corrected chi connectivity index (χ0v) is 12.8. The van der Waals surface area contributed by atoms with Crippen LogP contribution in [-0.2, 0) is 16.0 Å². The highest BCUT2D eigenvalue weighted by Gasteiger charge is 2.31. The Morgan fingerprint density at radius 2 is 2.45 bits per heavy atom. The number of methoxy groups -OCH3 is 1. The van der Waals surface area contributed by atoms with Gasteiger partial charge < -0.3 is 14.8 Å². The second-order valence-electron chi connectivity index (χ2n) is 5.50. The van der Waals surface area contributed by atoms with Gasteiger partial charge in [-0.25, -0.2) is 0 Å². The molecule has 2 rings (SSSR count). The number of hydrogen-bond acceptors (Lipinski definition) is 4. The third-order valence-corrected chi connectivity index (χ3v) is 4.04. The first-order chi connectivity index (χ1) is 9.76. The SMILES string of the molecule is CCn1nccc1[C@@H]1OCC[C@H]1CNC(C)CCOC. The van der Waals surface area contributed by atoms with Gasteiger partial charge in [-0.3, -0.25) is 4.68 Å². The Morgan fingerprint density at radius 3 is 3.20 bits per heavy atom. The summed E-state index contributed by atoms with van der Waals surface area (Å²) in [4.78, 5) is 0. The molecule has 1 aromatic heterocycles. The summed E-state index contributed by atoms with van der Waals surface area (Å²) in [7, 11) is 1.75. The molecule has 3 atom stereocenters. The highest BCUT2D eigenvalue weighted by Crippen LogP contribution is 2.34. The molecule has 0 radical (unpaired) electrons. The van der Waals surface area contributed by atoms with Crippen molar-refractivity contribution in [3.05, 3.63) is 18.0 Å². The van der Waals surface area contributed by atoms with Gasteiger partial charge in [-0.1, -0.05) is 0 Å². The highest BCUT2D eigenvalue weighted by molar-refractivity contribution is 5.08. The van der Waals surface area contributed by atoms with Crippen molar-refractivity contribution in [3.63, 3.8) is 0 Å². The lowest BCUT2D eigenvalue weighted by Crippen LogP contribution is -2.33. The van der Waals surface area contributed by atoms with Gasteiger partial charge in [0.25, 0.3) is 0 Å². The molecular weight excluding hydrogens is 254 g/mol. The Hall–Kier alpha value is -0.910. The monoisotopic (exact) mass is 281 g/mol. The van der Waals surface area contributed by atoms with Gasteiger partial charge >= 0.3 is 0 Å². The van der Waals surface area contributed by atoms with E-state index >= 15 is 0 Å². The minimum atomic E-state index is 0.180. The molecule has 0 bridgehead atoms. The van der Waals surface area contributed by atoms with E-state index in [9.17, 15) is 0 Å². The van der Waals surface area contributed by atoms with Crippen molar-refractivity contribution >= 4 is 0 Å². The quantitative estimate of drug-likeness (QED) is 0.792. The summed E-state index contributed by atoms with van der Waals surface area (Å²) in [6.45, 7) is 7.86. The van der Waals surface area contributed by atoms with E-state index in [1.807, 2.05) is 10.9 Å². The van der Waals surface area contributed by atoms with Crippen molar-refractivity contribution in [2.24, 2.45) is 5.92 Å². The molecule has 1 aromatic rings. The Bertz CT molecular complexity index is 394. The molecule has 0 aliphatic carbocycles. The molecule has 1 aliphatic heterocycles. The summed E-state index contributed by atoms with van der Waals surface area (Å²) in [5.74, 6) is 0.530. The number of nitrogens with one attached hydrogen (secondary N) is 1. The fourth-order valence-electron chi connectivity index (χ4n) is 2.77. The molecule has 1 N–H and O–H groups in total. The van der Waals surface area contributed by atoms with Gasteiger partial charge in [0.15, 0.2) is 0 Å². The minimum Gasteiger partial charge on any atom is -0.385 e. The van der Waals surface area contributed by atoms with Crippen molar-refractivity contribution in [2.75, 3.05) is 26.9 Å². The summed E-state index contributed by atoms with van der Waals surface area (Å²) < 4.78 is 13.1. The van der Waals surface area contributed by atoms with Gasteiger partial charge in [0.1, 0.15) is 6.10 Å². The first-order valence-corrected chi connectivity index (χ1v) is 7.61. The van der Waals surface area contributed by atoms with E-state index in [4.69, 9.17) is 9.47 Å². The van der Waals surface area contributed by atoms with Crippen LogP contribution in [-0.4, -0.2) is 42.7 Å². The Kier molecular flexibility index (Phi) is 6.01. The van der Waals surface area contributed by atoms with E-state index in [-0.39, 0.29) is 6.10 Å². The number of rotatable bonds is 8. The van der Waals surface area contributed by atoms with Gasteiger partial charge in [0, 0.05) is 51.6 Å². The Labute approximate surface area is 121 Å². The molecule has 20 heavy (non-hydrogen) atoms. The largest absolute Gasteiger partial charge is 0.385 e. The number of nitrogens with zero attached hydrogens (tertiary/aromatic N) is 2. The van der Waals surface area contributed by atoms with Gasteiger partial charge in [-0.05, 0) is 32.8 Å². The molecule has 1 saturated heterocycles. The van der Waals surface area contributed by atoms with E-state index in [2.05, 4.69) is 30.3 Å². The lowest BCUT2D eigenvalue weighted by Gasteiger charge is -2.22. The van der Waals surface area contributed by atoms with Crippen molar-refractivity contribution in [2.45, 2.75) is 45.4 Å². The average molecular weight is 281 g/mol. The maximum absolute atomic E-state index is 5.94. The summed E-state index contributed by atoms with van der Waals surface area (Å²) in [5.41, 5.74) is 1.21. The van der Waals surface area contributed by atoms with Crippen LogP contribution in [0.15, 0.2) is 12.3 Å². The minimum absolute atomic E-state index is 0.180. The van der Waals surface area contributed by atoms with Gasteiger partial charge in [0.05, 0.1) is 5.69 Å². The zero-order chi connectivity index (χ0) is 14.4. The van der Waals surface area contributed by atoms with E-state index in [0.29, 0.717) is 12.0 Å². The lowest BCUT2D eigenvalue weighted by atomic mass is 9.98. The smallest absolute Gasteiger partial charge is 0.103 e. The lowest BCUT2D eigenvalue weighted by molar-refractivity contribution is 0.0821. The maximum Gasteiger partial charge on any atom is 0.103 e. The Morgan fingerprint density at radius 1 is 1.60 bits per heavy atom. The zero-order valence-electron chi connectivity index (χ0n) is 12.8. The molecule has 1 unspecified atom stereocenters. The predicted molar refractivity (Wildman–Crippen MR) is 78.7 cm³/mol. The summed E-state index contributed by atoms with van der Waals surface area (Å²) in [6.07, 6.45) is 4.21. The third-order valence-electron chi connectivity index (χ3n) is 4.04. The van der Waals surface area contributed by atoms with Crippen LogP contribution in [0.25, 0.3) is 0 Å². The fraction of sp³-hybridized carbons (Fsp3) is 0.800. The average Bonchev–Trinajstić information content (AvgIpc) is 3.10. The van der Waals surface area contributed by atoms with Crippen LogP contribution in [0, 0.1) is 5.92 Å². The summed E-state index contributed by atoms with van der Waals surface area (Å²) >= 11 is 0. The molecule has 114 valence electrons. The molecular formula is C15H27N3O2. The molecule has 5 heteroatoms. The van der Waals surface area contributed by atoms with Crippen molar-refractivity contribution in [3.8, 4) is 0 Å². The second-order valence-corrected chi connectivity index (χ2v) is 5.50. The summed E-state index contributed by atoms with van der Waals surface area (Å²) in [5, 5.41) is 7.95. The van der Waals surface area contributed by atoms with E-state index in [0.717, 1.165) is 39.1 Å². The second kappa shape index (κ2) is 7.76. The van der Waals surface area contributed by atoms with Crippen LogP contribution < -0.4 is 5.32 Å². The van der Waals surface area contributed by atoms with Crippen molar-refractivity contribution < 1.29 is 9.47 Å². The van der Waals surface area contributed by atoms with Crippen molar-refractivity contribution in [1.82, 2.24) is 15.1 Å². The fourth-order valence-corrected chi connectivity index (χ4v) is 2.77. The predicted octanol–water partition coefficient (Wildman–Crippen LogP) is 2.00. The van der Waals surface area contributed by atoms with Crippen LogP contribution in [0.4, 0.5) is 0 Å². The van der Waals surface area contributed by atoms with E-state index < -0.39 is 0 Å². The van der Waals surface area contributed by atoms with Gasteiger partial charge in [-0.2, -0.15) is 5.10 Å². The number of hydrogen-bond donors (Lipinski definition) is 1. The highest BCUT2D eigenvalue weighted by atomic mass is 16.5. The van der Waals surface area contributed by atoms with Crippen LogP contribution in [0.5, 0.6) is 0 Å². The van der Waals surface area contributed by atoms with Crippen LogP contribution >= 0.6 is 0 Å². The van der Waals surface area contributed by atoms with Gasteiger partial charge in [-0.15, -0.1) is 0 Å². The molecule has 0 spiro atoms. The molecule has 0 aromatic carbocycles. The number of aryl methyl sites for hydroxylation is 1. The molecule has 2 heterocycles. The van der Waals surface area contributed by atoms with Crippen molar-refractivity contribution in [1.29, 1.82) is 0 Å². The normalized spacial score (nSPS) is 24.1. The van der Waals surface area contributed by atoms with Crippen LogP contribution in [0.3, 0.4) is 0 Å². The molecule has 1 fully saturated rings. The van der Waals surface area contributed by atoms with Crippen LogP contribution in [0.2, 0.25) is 0 Å². The standard InChI is InChI=1S/C15H27N3O2/c1-4-18-14(5-8-17-18)15-13(7-10-20-15)11-16-12(2)6-9-19-3/h5,8,12-13,15-16H,4,6-7,9-11H2,1-3H3/t12?,13-,15+/m0/s1. The first kappa shape index (κ1) is 15.5. The van der Waals surface area contributed by atoms with E-state index in [1.165, 1.54) is 5.69 Å². The third kappa shape index (κ3) is 3.81. The Balaban J connectivity index is 1.88. The maximum atomic E-state index is 5.94. The van der Waals surface area contributed by atoms with Crippen LogP contribution in [0.1, 0.15) is 38.5 Å².